The van der Waals surface area contributed by atoms with Crippen LogP contribution in [-0.2, 0) is 53.3 Å². The summed E-state index contributed by atoms with van der Waals surface area (Å²) in [7, 11) is -5.20. The van der Waals surface area contributed by atoms with Crippen molar-refractivity contribution in [3.05, 3.63) is 305 Å². The van der Waals surface area contributed by atoms with Crippen LogP contribution in [-0.4, -0.2) is 0 Å². The fourth-order valence-corrected chi connectivity index (χ4v) is 16.4. The average molecular weight is 1520 g/mol. The molecule has 5 heteroatoms. The summed E-state index contributed by atoms with van der Waals surface area (Å²) in [5, 5.41) is 0. The van der Waals surface area contributed by atoms with Crippen molar-refractivity contribution in [2.45, 2.75) is 236 Å². The average Bonchev–Trinajstić information content (AvgIpc) is 0.748. The van der Waals surface area contributed by atoms with Gasteiger partial charge in [0.05, 0.1) is 0 Å². The minimum atomic E-state index is -5.20. The Morgan fingerprint density at radius 2 is 0.283 bits per heavy atom. The van der Waals surface area contributed by atoms with Crippen molar-refractivity contribution < 1.29 is 18.1 Å². The summed E-state index contributed by atoms with van der Waals surface area (Å²) in [6.07, 6.45) is 0. The van der Waals surface area contributed by atoms with Crippen LogP contribution in [0.25, 0.3) is 100 Å². The molecule has 0 bridgehead atoms. The molecule has 12 aromatic rings. The molecular formula is C108H123O4P. The van der Waals surface area contributed by atoms with E-state index in [0.29, 0.717) is 17.2 Å². The second-order valence-electron chi connectivity index (χ2n) is 40.8. The maximum Gasteiger partial charge on any atom is 0.647 e. The van der Waals surface area contributed by atoms with Gasteiger partial charge < -0.3 is 13.6 Å². The van der Waals surface area contributed by atoms with Gasteiger partial charge in [0, 0.05) is 33.4 Å². The lowest BCUT2D eigenvalue weighted by molar-refractivity contribution is 0.299. The summed E-state index contributed by atoms with van der Waals surface area (Å²) < 4.78 is 42.1. The molecule has 584 valence electrons. The predicted octanol–water partition coefficient (Wildman–Crippen LogP) is 32.0. The van der Waals surface area contributed by atoms with E-state index < -0.39 is 7.82 Å². The van der Waals surface area contributed by atoms with Crippen LogP contribution in [0.1, 0.15) is 237 Å². The van der Waals surface area contributed by atoms with Crippen LogP contribution in [0.15, 0.2) is 255 Å². The molecule has 0 aliphatic rings. The molecule has 12 rings (SSSR count). The van der Waals surface area contributed by atoms with Crippen molar-refractivity contribution in [3.63, 3.8) is 0 Å². The van der Waals surface area contributed by atoms with Gasteiger partial charge >= 0.3 is 7.82 Å². The van der Waals surface area contributed by atoms with Gasteiger partial charge in [-0.05, 0) is 184 Å². The third-order valence-corrected chi connectivity index (χ3v) is 23.8. The number of phosphoric ester groups is 1. The van der Waals surface area contributed by atoms with Crippen LogP contribution < -0.4 is 13.6 Å². The van der Waals surface area contributed by atoms with Gasteiger partial charge in [0.1, 0.15) is 17.2 Å². The first-order chi connectivity index (χ1) is 52.5. The molecule has 4 nitrogen and oxygen atoms in total. The molecule has 113 heavy (non-hydrogen) atoms. The first-order valence-corrected chi connectivity index (χ1v) is 42.2. The summed E-state index contributed by atoms with van der Waals surface area (Å²) in [5.41, 5.74) is 26.2. The highest BCUT2D eigenvalue weighted by atomic mass is 31.2. The monoisotopic (exact) mass is 1510 g/mol. The lowest BCUT2D eigenvalue weighted by Crippen LogP contribution is -2.12. The lowest BCUT2D eigenvalue weighted by Gasteiger charge is -2.28. The highest BCUT2D eigenvalue weighted by Gasteiger charge is 2.40. The van der Waals surface area contributed by atoms with Gasteiger partial charge in [-0.2, -0.15) is 4.57 Å². The largest absolute Gasteiger partial charge is 0.647 e. The van der Waals surface area contributed by atoms with Gasteiger partial charge in [0.15, 0.2) is 0 Å². The molecule has 0 fully saturated rings. The minimum Gasteiger partial charge on any atom is -0.385 e. The fourth-order valence-electron chi connectivity index (χ4n) is 15.1. The third-order valence-electron chi connectivity index (χ3n) is 22.6. The number of benzene rings is 12. The summed E-state index contributed by atoms with van der Waals surface area (Å²) in [4.78, 5) is 0. The molecule has 0 unspecified atom stereocenters. The number of phosphoric acid groups is 1. The molecule has 0 saturated carbocycles. The van der Waals surface area contributed by atoms with Gasteiger partial charge in [-0.1, -0.05) is 424 Å². The van der Waals surface area contributed by atoms with Gasteiger partial charge in [-0.25, -0.2) is 0 Å². The molecule has 0 aliphatic carbocycles. The van der Waals surface area contributed by atoms with Crippen molar-refractivity contribution >= 4 is 7.82 Å². The molecule has 0 N–H and O–H groups in total. The van der Waals surface area contributed by atoms with Gasteiger partial charge in [-0.15, -0.1) is 0 Å². The zero-order chi connectivity index (χ0) is 82.1. The van der Waals surface area contributed by atoms with Crippen molar-refractivity contribution in [2.75, 3.05) is 0 Å². The van der Waals surface area contributed by atoms with E-state index >= 15 is 4.57 Å². The molecule has 0 saturated heterocycles. The second-order valence-corrected chi connectivity index (χ2v) is 42.2. The summed E-state index contributed by atoms with van der Waals surface area (Å²) >= 11 is 0. The van der Waals surface area contributed by atoms with E-state index in [4.69, 9.17) is 13.6 Å². The zero-order valence-electron chi connectivity index (χ0n) is 72.8. The number of hydrogen-bond acceptors (Lipinski definition) is 4. The molecule has 0 aromatic heterocycles. The van der Waals surface area contributed by atoms with Gasteiger partial charge in [0.2, 0.25) is 0 Å². The highest BCUT2D eigenvalue weighted by molar-refractivity contribution is 7.49. The van der Waals surface area contributed by atoms with Crippen molar-refractivity contribution in [2.24, 2.45) is 0 Å². The molecule has 0 spiro atoms. The van der Waals surface area contributed by atoms with Crippen LogP contribution in [0.3, 0.4) is 0 Å². The normalized spacial score (nSPS) is 12.9. The molecule has 0 atom stereocenters. The zero-order valence-corrected chi connectivity index (χ0v) is 73.7. The topological polar surface area (TPSA) is 44.8 Å². The maximum atomic E-state index is 18.6. The SMILES string of the molecule is CC(C)(C)c1ccc(-c2ccc(OP(=O)(Oc3ccc(-c4ccc(C(C)(C)C)cc4)c(-c4ccc(C(C)(C)C)cc4)c3-c3ccc(C(C)(C)C)cc3)Oc3ccc(-c4ccc(C(C)(C)C)cc4)c(-c4ccc(C(C)(C)C)cc4)c3-c3ccc(C(C)(C)C)cc3)c(-c3ccc(C(C)(C)C)cc3)c2-c2ccc(C(C)(C)C)cc2)cc1. The van der Waals surface area contributed by atoms with Crippen LogP contribution in [0.5, 0.6) is 17.2 Å². The first kappa shape index (κ1) is 82.7. The molecule has 0 amide bonds. The minimum absolute atomic E-state index is 0.0835. The van der Waals surface area contributed by atoms with Crippen LogP contribution >= 0.6 is 7.82 Å². The molecule has 0 radical (unpaired) electrons. The number of rotatable bonds is 15. The van der Waals surface area contributed by atoms with Crippen LogP contribution in [0.2, 0.25) is 0 Å². The molecule has 12 aromatic carbocycles. The summed E-state index contributed by atoms with van der Waals surface area (Å²) in [5.74, 6) is 0.947. The third kappa shape index (κ3) is 18.4. The fraction of sp³-hybridized carbons (Fsp3) is 0.333. The summed E-state index contributed by atoms with van der Waals surface area (Å²) in [6.45, 7) is 60.8. The standard InChI is InChI=1S/C108H123O4P/c1-100(2,3)79-46-28-70(29-47-79)88-64-67-91(97(76-40-58-85(59-41-76)106(19,20)21)94(88)73-34-52-82(53-35-73)103(10,11)12)110-113(109,111-92-68-65-89(71-30-48-80(49-31-71)101(4,5)6)95(74-36-54-83(55-37-74)104(13,14)15)98(92)77-42-60-86(61-43-77)107(22,23)24)112-93-69-66-90(72-32-50-81(51-33-72)102(7,8)9)96(75-38-56-84(57-39-75)105(16,17)18)99(93)78-44-62-87(63-45-78)108(25,26)27/h28-69H,1-27H3. The van der Waals surface area contributed by atoms with E-state index in [1.165, 1.54) is 50.1 Å². The molecular weight excluding hydrogens is 1390 g/mol. The molecule has 0 aliphatic heterocycles. The van der Waals surface area contributed by atoms with E-state index in [1.807, 2.05) is 18.2 Å². The van der Waals surface area contributed by atoms with E-state index in [9.17, 15) is 0 Å². The Morgan fingerprint density at radius 3 is 0.416 bits per heavy atom. The Kier molecular flexibility index (Phi) is 22.4. The Morgan fingerprint density at radius 1 is 0.159 bits per heavy atom. The number of hydrogen-bond donors (Lipinski definition) is 0. The molecule has 0 heterocycles. The van der Waals surface area contributed by atoms with E-state index in [2.05, 4.69) is 424 Å². The summed E-state index contributed by atoms with van der Waals surface area (Å²) in [6, 6.07) is 92.7. The van der Waals surface area contributed by atoms with Crippen molar-refractivity contribution in [3.8, 4) is 117 Å². The maximum absolute atomic E-state index is 18.6. The Labute approximate surface area is 679 Å². The second kappa shape index (κ2) is 30.6. The quantitative estimate of drug-likeness (QED) is 0.0960. The van der Waals surface area contributed by atoms with Crippen LogP contribution in [0.4, 0.5) is 0 Å². The Balaban J connectivity index is 1.23. The highest BCUT2D eigenvalue weighted by Crippen LogP contribution is 2.60. The van der Waals surface area contributed by atoms with E-state index in [-0.39, 0.29) is 48.7 Å². The smallest absolute Gasteiger partial charge is 0.385 e. The Hall–Kier alpha value is -9.73. The van der Waals surface area contributed by atoms with Gasteiger partial charge in [0.25, 0.3) is 0 Å². The van der Waals surface area contributed by atoms with E-state index in [1.54, 1.807) is 0 Å². The van der Waals surface area contributed by atoms with Gasteiger partial charge in [-0.3, -0.25) is 0 Å². The Bertz CT molecular complexity index is 4870. The first-order valence-electron chi connectivity index (χ1n) is 40.7. The van der Waals surface area contributed by atoms with Crippen LogP contribution in [0, 0.1) is 0 Å². The van der Waals surface area contributed by atoms with Crippen molar-refractivity contribution in [1.82, 2.24) is 0 Å². The lowest BCUT2D eigenvalue weighted by atomic mass is 9.82. The van der Waals surface area contributed by atoms with E-state index in [0.717, 1.165) is 100 Å². The predicted molar refractivity (Wildman–Crippen MR) is 486 cm³/mol. The van der Waals surface area contributed by atoms with Crippen molar-refractivity contribution in [1.29, 1.82) is 0 Å².